The fourth-order valence-electron chi connectivity index (χ4n) is 2.20. The van der Waals surface area contributed by atoms with Crippen LogP contribution >= 0.6 is 11.8 Å². The maximum Gasteiger partial charge on any atom is 0.271 e. The van der Waals surface area contributed by atoms with E-state index in [4.69, 9.17) is 0 Å². The van der Waals surface area contributed by atoms with Crippen LogP contribution in [-0.4, -0.2) is 28.2 Å². The molecular formula is C18H19N3O4S. The van der Waals surface area contributed by atoms with Gasteiger partial charge in [0.05, 0.1) is 22.1 Å². The van der Waals surface area contributed by atoms with Crippen molar-refractivity contribution in [3.05, 3.63) is 63.7 Å². The summed E-state index contributed by atoms with van der Waals surface area (Å²) in [6, 6.07) is 11.7. The van der Waals surface area contributed by atoms with E-state index >= 15 is 0 Å². The number of aryl methyl sites for hydroxylation is 2. The summed E-state index contributed by atoms with van der Waals surface area (Å²) in [5, 5.41) is 16.2. The van der Waals surface area contributed by atoms with Crippen molar-refractivity contribution in [3.63, 3.8) is 0 Å². The van der Waals surface area contributed by atoms with Crippen molar-refractivity contribution in [3.8, 4) is 0 Å². The fraction of sp³-hybridized carbons (Fsp3) is 0.222. The van der Waals surface area contributed by atoms with Gasteiger partial charge in [-0.25, -0.2) is 0 Å². The summed E-state index contributed by atoms with van der Waals surface area (Å²) in [6.45, 7) is 3.69. The van der Waals surface area contributed by atoms with Crippen LogP contribution in [0.4, 0.5) is 17.1 Å². The first-order valence-corrected chi connectivity index (χ1v) is 9.00. The summed E-state index contributed by atoms with van der Waals surface area (Å²) in [5.74, 6) is -0.305. The van der Waals surface area contributed by atoms with Gasteiger partial charge in [-0.15, -0.1) is 11.8 Å². The molecule has 2 rings (SSSR count). The van der Waals surface area contributed by atoms with Gasteiger partial charge >= 0.3 is 0 Å². The molecule has 0 fully saturated rings. The lowest BCUT2D eigenvalue weighted by Crippen LogP contribution is -2.18. The van der Waals surface area contributed by atoms with Crippen molar-refractivity contribution < 1.29 is 14.5 Å². The Balaban J connectivity index is 1.81. The minimum absolute atomic E-state index is 0.0728. The summed E-state index contributed by atoms with van der Waals surface area (Å²) in [4.78, 5) is 34.2. The molecular weight excluding hydrogens is 354 g/mol. The summed E-state index contributed by atoms with van der Waals surface area (Å²) in [5.41, 5.74) is 2.80. The molecule has 2 aromatic rings. The van der Waals surface area contributed by atoms with E-state index in [1.165, 1.54) is 23.9 Å². The molecule has 0 aromatic heterocycles. The zero-order chi connectivity index (χ0) is 19.1. The van der Waals surface area contributed by atoms with Crippen molar-refractivity contribution in [2.75, 3.05) is 22.1 Å². The van der Waals surface area contributed by atoms with Crippen LogP contribution in [0.1, 0.15) is 11.1 Å². The van der Waals surface area contributed by atoms with Gasteiger partial charge < -0.3 is 10.6 Å². The van der Waals surface area contributed by atoms with Crippen LogP contribution in [0.3, 0.4) is 0 Å². The highest BCUT2D eigenvalue weighted by Crippen LogP contribution is 2.22. The van der Waals surface area contributed by atoms with Gasteiger partial charge in [0.15, 0.2) is 0 Å². The quantitative estimate of drug-likeness (QED) is 0.571. The molecule has 0 aliphatic heterocycles. The Morgan fingerprint density at radius 2 is 1.73 bits per heavy atom. The number of hydrogen-bond donors (Lipinski definition) is 2. The van der Waals surface area contributed by atoms with E-state index in [1.807, 2.05) is 25.1 Å². The number of nitrogens with zero attached hydrogens (tertiary/aromatic N) is 1. The van der Waals surface area contributed by atoms with E-state index in [2.05, 4.69) is 10.6 Å². The molecule has 26 heavy (non-hydrogen) atoms. The third-order valence-corrected chi connectivity index (χ3v) is 4.41. The van der Waals surface area contributed by atoms with Gasteiger partial charge in [0.1, 0.15) is 0 Å². The lowest BCUT2D eigenvalue weighted by Gasteiger charge is -2.08. The highest BCUT2D eigenvalue weighted by Gasteiger charge is 2.12. The third-order valence-electron chi connectivity index (χ3n) is 3.47. The third kappa shape index (κ3) is 5.89. The second kappa shape index (κ2) is 9.00. The number of nitro benzene ring substituents is 1. The number of rotatable bonds is 7. The largest absolute Gasteiger partial charge is 0.325 e. The van der Waals surface area contributed by atoms with E-state index in [9.17, 15) is 19.7 Å². The lowest BCUT2D eigenvalue weighted by atomic mass is 10.2. The molecule has 0 saturated carbocycles. The first kappa shape index (κ1) is 19.5. The number of amides is 2. The summed E-state index contributed by atoms with van der Waals surface area (Å²) < 4.78 is 0. The number of benzene rings is 2. The average molecular weight is 373 g/mol. The predicted molar refractivity (Wildman–Crippen MR) is 104 cm³/mol. The van der Waals surface area contributed by atoms with E-state index < -0.39 is 4.92 Å². The van der Waals surface area contributed by atoms with Gasteiger partial charge in [-0.1, -0.05) is 18.2 Å². The highest BCUT2D eigenvalue weighted by molar-refractivity contribution is 8.00. The zero-order valence-electron chi connectivity index (χ0n) is 14.4. The van der Waals surface area contributed by atoms with Crippen LogP contribution in [-0.2, 0) is 9.59 Å². The number of hydrogen-bond acceptors (Lipinski definition) is 5. The summed E-state index contributed by atoms with van der Waals surface area (Å²) >= 11 is 1.17. The van der Waals surface area contributed by atoms with E-state index in [-0.39, 0.29) is 29.0 Å². The van der Waals surface area contributed by atoms with Gasteiger partial charge in [0.2, 0.25) is 11.8 Å². The van der Waals surface area contributed by atoms with Gasteiger partial charge in [-0.3, -0.25) is 19.7 Å². The maximum atomic E-state index is 12.0. The standard InChI is InChI=1S/C18H19N3O4S/c1-12-4-3-5-14(8-12)19-17(22)10-26-11-18(23)20-16-9-15(21(24)25)7-6-13(16)2/h3-9H,10-11H2,1-2H3,(H,19,22)(H,20,23). The molecule has 2 N–H and O–H groups in total. The number of nitro groups is 1. The van der Waals surface area contributed by atoms with Crippen LogP contribution in [0.15, 0.2) is 42.5 Å². The van der Waals surface area contributed by atoms with Crippen LogP contribution in [0.2, 0.25) is 0 Å². The zero-order valence-corrected chi connectivity index (χ0v) is 15.3. The molecule has 0 bridgehead atoms. The Hall–Kier alpha value is -2.87. The van der Waals surface area contributed by atoms with Crippen LogP contribution < -0.4 is 10.6 Å². The minimum Gasteiger partial charge on any atom is -0.325 e. The Bertz CT molecular complexity index is 839. The molecule has 0 aliphatic carbocycles. The van der Waals surface area contributed by atoms with E-state index in [1.54, 1.807) is 19.1 Å². The second-order valence-electron chi connectivity index (χ2n) is 5.71. The molecule has 0 unspecified atom stereocenters. The smallest absolute Gasteiger partial charge is 0.271 e. The number of non-ortho nitro benzene ring substituents is 1. The van der Waals surface area contributed by atoms with Gasteiger partial charge in [-0.2, -0.15) is 0 Å². The van der Waals surface area contributed by atoms with Crippen LogP contribution in [0.5, 0.6) is 0 Å². The number of nitrogens with one attached hydrogen (secondary N) is 2. The average Bonchev–Trinajstić information content (AvgIpc) is 2.56. The number of anilines is 2. The minimum atomic E-state index is -0.514. The Morgan fingerprint density at radius 1 is 1.04 bits per heavy atom. The molecule has 8 heteroatoms. The first-order valence-electron chi connectivity index (χ1n) is 7.84. The Morgan fingerprint density at radius 3 is 2.38 bits per heavy atom. The number of carbonyl (C=O) groups excluding carboxylic acids is 2. The Kier molecular flexibility index (Phi) is 6.74. The number of carbonyl (C=O) groups is 2. The maximum absolute atomic E-state index is 12.0. The molecule has 0 spiro atoms. The highest BCUT2D eigenvalue weighted by atomic mass is 32.2. The molecule has 0 radical (unpaired) electrons. The summed E-state index contributed by atoms with van der Waals surface area (Å²) in [7, 11) is 0. The van der Waals surface area contributed by atoms with Crippen molar-refractivity contribution in [1.29, 1.82) is 0 Å². The lowest BCUT2D eigenvalue weighted by molar-refractivity contribution is -0.384. The molecule has 0 saturated heterocycles. The van der Waals surface area contributed by atoms with Crippen molar-refractivity contribution >= 4 is 40.6 Å². The van der Waals surface area contributed by atoms with Crippen LogP contribution in [0.25, 0.3) is 0 Å². The molecule has 2 amide bonds. The first-order chi connectivity index (χ1) is 12.3. The topological polar surface area (TPSA) is 101 Å². The molecule has 0 heterocycles. The van der Waals surface area contributed by atoms with Crippen molar-refractivity contribution in [1.82, 2.24) is 0 Å². The van der Waals surface area contributed by atoms with Crippen molar-refractivity contribution in [2.45, 2.75) is 13.8 Å². The molecule has 7 nitrogen and oxygen atoms in total. The molecule has 136 valence electrons. The Labute approximate surface area is 155 Å². The predicted octanol–water partition coefficient (Wildman–Crippen LogP) is 3.52. The van der Waals surface area contributed by atoms with Crippen molar-refractivity contribution in [2.24, 2.45) is 0 Å². The molecule has 0 aliphatic rings. The summed E-state index contributed by atoms with van der Waals surface area (Å²) in [6.07, 6.45) is 0. The SMILES string of the molecule is Cc1cccc(NC(=O)CSCC(=O)Nc2cc([N+](=O)[O-])ccc2C)c1. The fourth-order valence-corrected chi connectivity index (χ4v) is 2.82. The van der Waals surface area contributed by atoms with E-state index in [0.717, 1.165) is 11.1 Å². The van der Waals surface area contributed by atoms with Gasteiger partial charge in [0.25, 0.3) is 5.69 Å². The van der Waals surface area contributed by atoms with Crippen LogP contribution in [0, 0.1) is 24.0 Å². The molecule has 0 atom stereocenters. The van der Waals surface area contributed by atoms with E-state index in [0.29, 0.717) is 11.4 Å². The molecule has 2 aromatic carbocycles. The normalized spacial score (nSPS) is 10.2. The van der Waals surface area contributed by atoms with Gasteiger partial charge in [-0.05, 0) is 37.1 Å². The monoisotopic (exact) mass is 373 g/mol. The second-order valence-corrected chi connectivity index (χ2v) is 6.70. The number of thioether (sulfide) groups is 1. The van der Waals surface area contributed by atoms with Gasteiger partial charge in [0, 0.05) is 17.8 Å².